The lowest BCUT2D eigenvalue weighted by molar-refractivity contribution is 0.0691. The van der Waals surface area contributed by atoms with E-state index in [1.807, 2.05) is 0 Å². The van der Waals surface area contributed by atoms with Gasteiger partial charge in [-0.2, -0.15) is 0 Å². The summed E-state index contributed by atoms with van der Waals surface area (Å²) < 4.78 is 0. The number of anilines is 1. The predicted molar refractivity (Wildman–Crippen MR) is 64.0 cm³/mol. The molecule has 0 saturated heterocycles. The van der Waals surface area contributed by atoms with E-state index in [1.54, 1.807) is 0 Å². The standard InChI is InChI=1S/C12H17N3O2/c1-8-2-4-9(5-3-8)15-11-10(12(16)17)13-6-7-14-11/h6-9H,2-5H2,1H3,(H,14,15)(H,16,17). The van der Waals surface area contributed by atoms with Crippen LogP contribution < -0.4 is 5.32 Å². The summed E-state index contributed by atoms with van der Waals surface area (Å²) in [5, 5.41) is 12.2. The van der Waals surface area contributed by atoms with Crippen molar-refractivity contribution in [1.82, 2.24) is 9.97 Å². The fourth-order valence-corrected chi connectivity index (χ4v) is 2.20. The topological polar surface area (TPSA) is 75.1 Å². The summed E-state index contributed by atoms with van der Waals surface area (Å²) >= 11 is 0. The second kappa shape index (κ2) is 5.12. The molecule has 5 heteroatoms. The van der Waals surface area contributed by atoms with Crippen LogP contribution in [0.15, 0.2) is 12.4 Å². The maximum atomic E-state index is 11.0. The van der Waals surface area contributed by atoms with E-state index in [1.165, 1.54) is 25.2 Å². The molecule has 1 heterocycles. The van der Waals surface area contributed by atoms with E-state index in [0.717, 1.165) is 18.8 Å². The summed E-state index contributed by atoms with van der Waals surface area (Å²) in [5.41, 5.74) is 0.00567. The SMILES string of the molecule is CC1CCC(Nc2nccnc2C(=O)O)CC1. The molecule has 0 bridgehead atoms. The number of hydrogen-bond donors (Lipinski definition) is 2. The van der Waals surface area contributed by atoms with Crippen molar-refractivity contribution in [2.75, 3.05) is 5.32 Å². The molecule has 1 aliphatic carbocycles. The van der Waals surface area contributed by atoms with E-state index in [0.29, 0.717) is 11.9 Å². The molecule has 1 aliphatic rings. The number of carbonyl (C=O) groups is 1. The van der Waals surface area contributed by atoms with Gasteiger partial charge in [-0.25, -0.2) is 14.8 Å². The van der Waals surface area contributed by atoms with Crippen molar-refractivity contribution in [3.05, 3.63) is 18.1 Å². The van der Waals surface area contributed by atoms with Crippen molar-refractivity contribution in [1.29, 1.82) is 0 Å². The van der Waals surface area contributed by atoms with E-state index in [-0.39, 0.29) is 5.69 Å². The second-order valence-corrected chi connectivity index (χ2v) is 4.66. The average Bonchev–Trinajstić information content (AvgIpc) is 2.32. The monoisotopic (exact) mass is 235 g/mol. The molecule has 0 unspecified atom stereocenters. The Kier molecular flexibility index (Phi) is 3.56. The molecule has 1 aromatic heterocycles. The van der Waals surface area contributed by atoms with Gasteiger partial charge in [0, 0.05) is 18.4 Å². The van der Waals surface area contributed by atoms with Crippen molar-refractivity contribution >= 4 is 11.8 Å². The Balaban J connectivity index is 2.05. The molecule has 0 aromatic carbocycles. The molecule has 0 amide bonds. The molecule has 5 nitrogen and oxygen atoms in total. The maximum Gasteiger partial charge on any atom is 0.358 e. The van der Waals surface area contributed by atoms with Crippen molar-refractivity contribution in [3.63, 3.8) is 0 Å². The first-order valence-electron chi connectivity index (χ1n) is 5.97. The molecule has 1 aromatic rings. The summed E-state index contributed by atoms with van der Waals surface area (Å²) in [6.45, 7) is 2.25. The lowest BCUT2D eigenvalue weighted by Gasteiger charge is -2.27. The van der Waals surface area contributed by atoms with Gasteiger partial charge in [0.2, 0.25) is 0 Å². The molecule has 2 N–H and O–H groups in total. The van der Waals surface area contributed by atoms with Crippen LogP contribution in [0.5, 0.6) is 0 Å². The first-order chi connectivity index (χ1) is 8.16. The number of nitrogens with zero attached hydrogens (tertiary/aromatic N) is 2. The number of carboxylic acids is 1. The summed E-state index contributed by atoms with van der Waals surface area (Å²) in [6, 6.07) is 0.320. The molecule has 0 spiro atoms. The number of hydrogen-bond acceptors (Lipinski definition) is 4. The Morgan fingerprint density at radius 2 is 1.94 bits per heavy atom. The summed E-state index contributed by atoms with van der Waals surface area (Å²) in [7, 11) is 0. The summed E-state index contributed by atoms with van der Waals surface area (Å²) in [4.78, 5) is 18.9. The van der Waals surface area contributed by atoms with E-state index in [2.05, 4.69) is 22.2 Å². The smallest absolute Gasteiger partial charge is 0.358 e. The minimum absolute atomic E-state index is 0.00567. The lowest BCUT2D eigenvalue weighted by Crippen LogP contribution is -2.27. The largest absolute Gasteiger partial charge is 0.476 e. The van der Waals surface area contributed by atoms with E-state index in [4.69, 9.17) is 5.11 Å². The third-order valence-corrected chi connectivity index (χ3v) is 3.26. The normalized spacial score (nSPS) is 24.3. The number of rotatable bonds is 3. The average molecular weight is 235 g/mol. The highest BCUT2D eigenvalue weighted by Gasteiger charge is 2.21. The van der Waals surface area contributed by atoms with Gasteiger partial charge in [-0.1, -0.05) is 6.92 Å². The van der Waals surface area contributed by atoms with Crippen LogP contribution in [-0.2, 0) is 0 Å². The Bertz CT molecular complexity index is 400. The Hall–Kier alpha value is -1.65. The molecule has 17 heavy (non-hydrogen) atoms. The fourth-order valence-electron chi connectivity index (χ4n) is 2.20. The van der Waals surface area contributed by atoms with Crippen LogP contribution in [-0.4, -0.2) is 27.1 Å². The summed E-state index contributed by atoms with van der Waals surface area (Å²) in [5.74, 6) is 0.123. The Morgan fingerprint density at radius 3 is 2.59 bits per heavy atom. The second-order valence-electron chi connectivity index (χ2n) is 4.66. The fraction of sp³-hybridized carbons (Fsp3) is 0.583. The van der Waals surface area contributed by atoms with Crippen molar-refractivity contribution in [2.24, 2.45) is 5.92 Å². The van der Waals surface area contributed by atoms with E-state index >= 15 is 0 Å². The highest BCUT2D eigenvalue weighted by atomic mass is 16.4. The van der Waals surface area contributed by atoms with Crippen molar-refractivity contribution in [3.8, 4) is 0 Å². The maximum absolute atomic E-state index is 11.0. The number of aromatic nitrogens is 2. The van der Waals surface area contributed by atoms with Gasteiger partial charge in [0.25, 0.3) is 0 Å². The van der Waals surface area contributed by atoms with Gasteiger partial charge in [-0.15, -0.1) is 0 Å². The van der Waals surface area contributed by atoms with Gasteiger partial charge >= 0.3 is 5.97 Å². The highest BCUT2D eigenvalue weighted by molar-refractivity contribution is 5.90. The molecule has 2 rings (SSSR count). The summed E-state index contributed by atoms with van der Waals surface area (Å²) in [6.07, 6.45) is 7.41. The van der Waals surface area contributed by atoms with Crippen LogP contribution in [0, 0.1) is 5.92 Å². The molecular formula is C12H17N3O2. The first-order valence-corrected chi connectivity index (χ1v) is 5.97. The zero-order valence-corrected chi connectivity index (χ0v) is 9.89. The zero-order valence-electron chi connectivity index (χ0n) is 9.89. The molecule has 92 valence electrons. The van der Waals surface area contributed by atoms with Gasteiger partial charge in [0.05, 0.1) is 0 Å². The van der Waals surface area contributed by atoms with Gasteiger partial charge in [0.15, 0.2) is 11.5 Å². The van der Waals surface area contributed by atoms with Crippen LogP contribution in [0.2, 0.25) is 0 Å². The Labute approximate surface area is 100 Å². The lowest BCUT2D eigenvalue weighted by atomic mass is 9.87. The number of aromatic carboxylic acids is 1. The first kappa shape index (κ1) is 11.8. The molecular weight excluding hydrogens is 218 g/mol. The molecule has 0 atom stereocenters. The van der Waals surface area contributed by atoms with Crippen LogP contribution in [0.4, 0.5) is 5.82 Å². The third kappa shape index (κ3) is 2.93. The quantitative estimate of drug-likeness (QED) is 0.839. The van der Waals surface area contributed by atoms with Gasteiger partial charge in [-0.05, 0) is 31.6 Å². The van der Waals surface area contributed by atoms with E-state index in [9.17, 15) is 4.79 Å². The van der Waals surface area contributed by atoms with Crippen LogP contribution in [0.25, 0.3) is 0 Å². The minimum Gasteiger partial charge on any atom is -0.476 e. The highest BCUT2D eigenvalue weighted by Crippen LogP contribution is 2.26. The molecule has 0 radical (unpaired) electrons. The minimum atomic E-state index is -1.04. The zero-order chi connectivity index (χ0) is 12.3. The van der Waals surface area contributed by atoms with Gasteiger partial charge < -0.3 is 10.4 Å². The van der Waals surface area contributed by atoms with E-state index < -0.39 is 5.97 Å². The molecule has 1 saturated carbocycles. The van der Waals surface area contributed by atoms with Crippen molar-refractivity contribution in [2.45, 2.75) is 38.6 Å². The molecule has 1 fully saturated rings. The van der Waals surface area contributed by atoms with Crippen LogP contribution in [0.3, 0.4) is 0 Å². The van der Waals surface area contributed by atoms with Gasteiger partial charge in [0.1, 0.15) is 0 Å². The number of nitrogens with one attached hydrogen (secondary N) is 1. The third-order valence-electron chi connectivity index (χ3n) is 3.26. The predicted octanol–water partition coefficient (Wildman–Crippen LogP) is 2.17. The van der Waals surface area contributed by atoms with Crippen molar-refractivity contribution < 1.29 is 9.90 Å². The Morgan fingerprint density at radius 1 is 1.29 bits per heavy atom. The molecule has 0 aliphatic heterocycles. The van der Waals surface area contributed by atoms with Gasteiger partial charge in [-0.3, -0.25) is 0 Å². The van der Waals surface area contributed by atoms with Crippen LogP contribution in [0.1, 0.15) is 43.1 Å². The number of carboxylic acid groups (broad SMARTS) is 1. The van der Waals surface area contributed by atoms with Crippen LogP contribution >= 0.6 is 0 Å².